The van der Waals surface area contributed by atoms with Gasteiger partial charge in [0.05, 0.1) is 5.92 Å². The second-order valence-corrected chi connectivity index (χ2v) is 9.29. The second kappa shape index (κ2) is 13.7. The molecule has 0 heterocycles. The molecule has 1 aromatic rings. The number of hydrogen-bond acceptors (Lipinski definition) is 2. The standard InChI is InChI=1S/C26H44O3/c1-6-7-8-9-10-11-12-13-14-15-22(26(28)29)16-21-17-23(19(2)3)25(27)24(18-21)20(4)5/h17-20,22,27H,6-16H2,1-5H3,(H,28,29). The second-order valence-electron chi connectivity index (χ2n) is 9.29. The molecule has 3 heteroatoms. The maximum absolute atomic E-state index is 11.8. The summed E-state index contributed by atoms with van der Waals surface area (Å²) >= 11 is 0. The van der Waals surface area contributed by atoms with Gasteiger partial charge in [0.15, 0.2) is 0 Å². The molecule has 166 valence electrons. The quantitative estimate of drug-likeness (QED) is 0.293. The zero-order valence-electron chi connectivity index (χ0n) is 19.5. The molecule has 0 amide bonds. The van der Waals surface area contributed by atoms with Gasteiger partial charge in [-0.15, -0.1) is 0 Å². The zero-order valence-corrected chi connectivity index (χ0v) is 19.5. The van der Waals surface area contributed by atoms with E-state index in [0.717, 1.165) is 36.0 Å². The largest absolute Gasteiger partial charge is 0.507 e. The monoisotopic (exact) mass is 404 g/mol. The molecule has 0 saturated carbocycles. The molecule has 0 aliphatic rings. The number of phenols is 1. The van der Waals surface area contributed by atoms with Crippen LogP contribution in [0.15, 0.2) is 12.1 Å². The smallest absolute Gasteiger partial charge is 0.306 e. The highest BCUT2D eigenvalue weighted by molar-refractivity contribution is 5.70. The average molecular weight is 405 g/mol. The van der Waals surface area contributed by atoms with Gasteiger partial charge < -0.3 is 10.2 Å². The van der Waals surface area contributed by atoms with Gasteiger partial charge in [-0.3, -0.25) is 4.79 Å². The molecule has 1 atom stereocenters. The summed E-state index contributed by atoms with van der Waals surface area (Å²) in [7, 11) is 0. The highest BCUT2D eigenvalue weighted by atomic mass is 16.4. The molecule has 0 saturated heterocycles. The molecule has 0 fully saturated rings. The number of carboxylic acid groups (broad SMARTS) is 1. The van der Waals surface area contributed by atoms with Crippen LogP contribution in [0, 0.1) is 5.92 Å². The van der Waals surface area contributed by atoms with Crippen molar-refractivity contribution in [3.63, 3.8) is 0 Å². The minimum atomic E-state index is -0.699. The van der Waals surface area contributed by atoms with Gasteiger partial charge in [-0.25, -0.2) is 0 Å². The number of aromatic hydroxyl groups is 1. The summed E-state index contributed by atoms with van der Waals surface area (Å²) in [5.74, 6) is -0.232. The van der Waals surface area contributed by atoms with Gasteiger partial charge in [-0.2, -0.15) is 0 Å². The predicted octanol–water partition coefficient (Wildman–Crippen LogP) is 7.80. The summed E-state index contributed by atoms with van der Waals surface area (Å²) in [6.07, 6.45) is 12.5. The van der Waals surface area contributed by atoms with Gasteiger partial charge >= 0.3 is 5.97 Å². The van der Waals surface area contributed by atoms with Crippen LogP contribution in [-0.4, -0.2) is 16.2 Å². The Hall–Kier alpha value is -1.51. The minimum Gasteiger partial charge on any atom is -0.507 e. The van der Waals surface area contributed by atoms with E-state index in [1.54, 1.807) is 0 Å². The molecule has 1 rings (SSSR count). The fourth-order valence-corrected chi connectivity index (χ4v) is 4.04. The number of hydrogen-bond donors (Lipinski definition) is 2. The van der Waals surface area contributed by atoms with Crippen molar-refractivity contribution in [1.29, 1.82) is 0 Å². The number of unbranched alkanes of at least 4 members (excludes halogenated alkanes) is 8. The molecule has 0 spiro atoms. The first-order valence-electron chi connectivity index (χ1n) is 11.9. The lowest BCUT2D eigenvalue weighted by Crippen LogP contribution is -2.17. The summed E-state index contributed by atoms with van der Waals surface area (Å²) < 4.78 is 0. The Morgan fingerprint density at radius 3 is 1.69 bits per heavy atom. The van der Waals surface area contributed by atoms with Crippen molar-refractivity contribution >= 4 is 5.97 Å². The highest BCUT2D eigenvalue weighted by Gasteiger charge is 2.21. The van der Waals surface area contributed by atoms with Crippen molar-refractivity contribution in [3.05, 3.63) is 28.8 Å². The molecule has 0 bridgehead atoms. The highest BCUT2D eigenvalue weighted by Crippen LogP contribution is 2.35. The van der Waals surface area contributed by atoms with Crippen LogP contribution >= 0.6 is 0 Å². The van der Waals surface area contributed by atoms with Gasteiger partial charge in [-0.1, -0.05) is 105 Å². The molecule has 2 N–H and O–H groups in total. The van der Waals surface area contributed by atoms with E-state index in [9.17, 15) is 15.0 Å². The molecule has 0 aromatic heterocycles. The Morgan fingerprint density at radius 1 is 0.828 bits per heavy atom. The van der Waals surface area contributed by atoms with Crippen molar-refractivity contribution < 1.29 is 15.0 Å². The molecule has 29 heavy (non-hydrogen) atoms. The number of phenolic OH excluding ortho intramolecular Hbond substituents is 1. The summed E-state index contributed by atoms with van der Waals surface area (Å²) in [6, 6.07) is 4.02. The van der Waals surface area contributed by atoms with Gasteiger partial charge in [0.2, 0.25) is 0 Å². The minimum absolute atomic E-state index is 0.216. The van der Waals surface area contributed by atoms with E-state index < -0.39 is 5.97 Å². The zero-order chi connectivity index (χ0) is 21.8. The third kappa shape index (κ3) is 9.23. The summed E-state index contributed by atoms with van der Waals surface area (Å²) in [5, 5.41) is 20.3. The third-order valence-corrected chi connectivity index (χ3v) is 5.96. The Balaban J connectivity index is 2.60. The van der Waals surface area contributed by atoms with E-state index in [-0.39, 0.29) is 17.8 Å². The first kappa shape index (κ1) is 25.5. The first-order chi connectivity index (χ1) is 13.8. The van der Waals surface area contributed by atoms with Crippen LogP contribution in [0.3, 0.4) is 0 Å². The van der Waals surface area contributed by atoms with Crippen molar-refractivity contribution in [1.82, 2.24) is 0 Å². The number of benzene rings is 1. The van der Waals surface area contributed by atoms with Crippen LogP contribution < -0.4 is 0 Å². The van der Waals surface area contributed by atoms with Crippen molar-refractivity contribution in [2.75, 3.05) is 0 Å². The molecular formula is C26H44O3. The van der Waals surface area contributed by atoms with Crippen molar-refractivity contribution in [2.45, 2.75) is 117 Å². The summed E-state index contributed by atoms with van der Waals surface area (Å²) in [5.41, 5.74) is 2.90. The SMILES string of the molecule is CCCCCCCCCCCC(Cc1cc(C(C)C)c(O)c(C(C)C)c1)C(=O)O. The third-order valence-electron chi connectivity index (χ3n) is 5.96. The topological polar surface area (TPSA) is 57.5 Å². The lowest BCUT2D eigenvalue weighted by Gasteiger charge is -2.19. The average Bonchev–Trinajstić information content (AvgIpc) is 2.66. The van der Waals surface area contributed by atoms with Gasteiger partial charge in [0.25, 0.3) is 0 Å². The lowest BCUT2D eigenvalue weighted by molar-refractivity contribution is -0.142. The fourth-order valence-electron chi connectivity index (χ4n) is 4.04. The Morgan fingerprint density at radius 2 is 1.28 bits per heavy atom. The number of aliphatic carboxylic acids is 1. The Bertz CT molecular complexity index is 575. The van der Waals surface area contributed by atoms with Crippen molar-refractivity contribution in [3.8, 4) is 5.75 Å². The van der Waals surface area contributed by atoms with E-state index in [1.807, 2.05) is 12.1 Å². The maximum atomic E-state index is 11.8. The van der Waals surface area contributed by atoms with Crippen LogP contribution in [-0.2, 0) is 11.2 Å². The Kier molecular flexibility index (Phi) is 12.0. The van der Waals surface area contributed by atoms with Crippen LogP contribution in [0.25, 0.3) is 0 Å². The molecule has 1 unspecified atom stereocenters. The predicted molar refractivity (Wildman–Crippen MR) is 123 cm³/mol. The molecular weight excluding hydrogens is 360 g/mol. The molecule has 0 aliphatic heterocycles. The normalized spacial score (nSPS) is 12.7. The molecule has 0 radical (unpaired) electrons. The lowest BCUT2D eigenvalue weighted by atomic mass is 9.87. The van der Waals surface area contributed by atoms with Crippen LogP contribution in [0.4, 0.5) is 0 Å². The van der Waals surface area contributed by atoms with Crippen molar-refractivity contribution in [2.24, 2.45) is 5.92 Å². The van der Waals surface area contributed by atoms with Crippen LogP contribution in [0.5, 0.6) is 5.75 Å². The van der Waals surface area contributed by atoms with E-state index in [2.05, 4.69) is 34.6 Å². The number of carbonyl (C=O) groups is 1. The first-order valence-corrected chi connectivity index (χ1v) is 11.9. The van der Waals surface area contributed by atoms with E-state index in [1.165, 1.54) is 44.9 Å². The van der Waals surface area contributed by atoms with Gasteiger partial charge in [0.1, 0.15) is 5.75 Å². The van der Waals surface area contributed by atoms with Gasteiger partial charge in [0, 0.05) is 0 Å². The maximum Gasteiger partial charge on any atom is 0.306 e. The number of carboxylic acids is 1. The Labute approximate surface area is 178 Å². The van der Waals surface area contributed by atoms with E-state index in [4.69, 9.17) is 0 Å². The molecule has 3 nitrogen and oxygen atoms in total. The fraction of sp³-hybridized carbons (Fsp3) is 0.731. The molecule has 0 aliphatic carbocycles. The van der Waals surface area contributed by atoms with Gasteiger partial charge in [-0.05, 0) is 41.4 Å². The summed E-state index contributed by atoms with van der Waals surface area (Å²) in [6.45, 7) is 10.5. The van der Waals surface area contributed by atoms with E-state index in [0.29, 0.717) is 12.2 Å². The van der Waals surface area contributed by atoms with E-state index >= 15 is 0 Å². The number of rotatable bonds is 15. The van der Waals surface area contributed by atoms with Crippen LogP contribution in [0.2, 0.25) is 0 Å². The molecule has 1 aromatic carbocycles. The summed E-state index contributed by atoms with van der Waals surface area (Å²) in [4.78, 5) is 11.8. The van der Waals surface area contributed by atoms with Crippen LogP contribution in [0.1, 0.15) is 127 Å².